The number of nitrogens with zero attached hydrogens (tertiary/aromatic N) is 1. The van der Waals surface area contributed by atoms with Crippen LogP contribution in [0.1, 0.15) is 25.7 Å². The van der Waals surface area contributed by atoms with Gasteiger partial charge in [-0.15, -0.1) is 11.8 Å². The number of thioether (sulfide) groups is 1. The van der Waals surface area contributed by atoms with Gasteiger partial charge in [-0.1, -0.05) is 24.3 Å². The van der Waals surface area contributed by atoms with Gasteiger partial charge in [0.1, 0.15) is 0 Å². The smallest absolute Gasteiger partial charge is 0.224 e. The lowest BCUT2D eigenvalue weighted by molar-refractivity contribution is -0.116. The molecule has 1 aromatic rings. The zero-order valence-electron chi connectivity index (χ0n) is 11.3. The summed E-state index contributed by atoms with van der Waals surface area (Å²) in [5.74, 6) is 1.19. The van der Waals surface area contributed by atoms with E-state index >= 15 is 0 Å². The molecule has 0 aliphatic heterocycles. The molecule has 1 atom stereocenters. The van der Waals surface area contributed by atoms with E-state index in [1.807, 2.05) is 24.3 Å². The Morgan fingerprint density at radius 1 is 1.45 bits per heavy atom. The van der Waals surface area contributed by atoms with E-state index in [-0.39, 0.29) is 5.91 Å². The largest absolute Gasteiger partial charge is 0.325 e. The highest BCUT2D eigenvalue weighted by molar-refractivity contribution is 7.99. The van der Waals surface area contributed by atoms with Crippen molar-refractivity contribution in [1.29, 1.82) is 5.26 Å². The molecule has 4 heteroatoms. The van der Waals surface area contributed by atoms with Gasteiger partial charge >= 0.3 is 0 Å². The second-order valence-electron chi connectivity index (χ2n) is 4.77. The van der Waals surface area contributed by atoms with E-state index in [1.54, 1.807) is 11.8 Å². The molecule has 3 nitrogen and oxygen atoms in total. The predicted octanol–water partition coefficient (Wildman–Crippen LogP) is 3.99. The average molecular weight is 286 g/mol. The Bertz CT molecular complexity index is 534. The zero-order valence-corrected chi connectivity index (χ0v) is 12.2. The summed E-state index contributed by atoms with van der Waals surface area (Å²) in [5.41, 5.74) is 0.849. The van der Waals surface area contributed by atoms with Gasteiger partial charge in [-0.3, -0.25) is 4.79 Å². The van der Waals surface area contributed by atoms with Crippen molar-refractivity contribution in [2.45, 2.75) is 30.6 Å². The number of nitrogens with one attached hydrogen (secondary N) is 1. The van der Waals surface area contributed by atoms with Crippen LogP contribution in [0.5, 0.6) is 0 Å². The standard InChI is InChI=1S/C16H18N2OS/c17-10-5-11-20-15-9-4-3-8-14(15)18-16(19)12-13-6-1-2-7-13/h1,3-4,6,8-9,13H,2,5,7,11-12H2,(H,18,19). The van der Waals surface area contributed by atoms with Crippen molar-refractivity contribution in [2.75, 3.05) is 11.1 Å². The Morgan fingerprint density at radius 3 is 3.05 bits per heavy atom. The number of carbonyl (C=O) groups excluding carboxylic acids is 1. The molecule has 0 heterocycles. The normalized spacial score (nSPS) is 16.9. The van der Waals surface area contributed by atoms with Crippen LogP contribution >= 0.6 is 11.8 Å². The van der Waals surface area contributed by atoms with E-state index in [9.17, 15) is 4.79 Å². The number of hydrogen-bond donors (Lipinski definition) is 1. The van der Waals surface area contributed by atoms with Crippen LogP contribution in [-0.4, -0.2) is 11.7 Å². The number of amides is 1. The van der Waals surface area contributed by atoms with E-state index in [4.69, 9.17) is 5.26 Å². The Kier molecular flexibility index (Phi) is 5.69. The van der Waals surface area contributed by atoms with Crippen LogP contribution in [0, 0.1) is 17.2 Å². The quantitative estimate of drug-likeness (QED) is 0.489. The molecule has 1 aromatic carbocycles. The number of allylic oxidation sites excluding steroid dienone is 2. The van der Waals surface area contributed by atoms with Crippen LogP contribution in [0.15, 0.2) is 41.3 Å². The van der Waals surface area contributed by atoms with Crippen LogP contribution in [0.2, 0.25) is 0 Å². The third kappa shape index (κ3) is 4.43. The maximum Gasteiger partial charge on any atom is 0.224 e. The van der Waals surface area contributed by atoms with Crippen LogP contribution in [0.25, 0.3) is 0 Å². The van der Waals surface area contributed by atoms with E-state index in [2.05, 4.69) is 23.5 Å². The van der Waals surface area contributed by atoms with Crippen LogP contribution in [-0.2, 0) is 4.79 Å². The first-order valence-corrected chi connectivity index (χ1v) is 7.83. The van der Waals surface area contributed by atoms with Crippen LogP contribution in [0.4, 0.5) is 5.69 Å². The maximum atomic E-state index is 12.0. The zero-order chi connectivity index (χ0) is 14.2. The molecule has 2 rings (SSSR count). The van der Waals surface area contributed by atoms with E-state index in [0.717, 1.165) is 29.2 Å². The van der Waals surface area contributed by atoms with Gasteiger partial charge in [0.2, 0.25) is 5.91 Å². The first-order chi connectivity index (χ1) is 9.79. The number of hydrogen-bond acceptors (Lipinski definition) is 3. The van der Waals surface area contributed by atoms with Gasteiger partial charge in [-0.2, -0.15) is 5.26 Å². The van der Waals surface area contributed by atoms with Gasteiger partial charge in [0.15, 0.2) is 0 Å². The Hall–Kier alpha value is -1.73. The predicted molar refractivity (Wildman–Crippen MR) is 82.5 cm³/mol. The molecule has 0 saturated heterocycles. The third-order valence-corrected chi connectivity index (χ3v) is 4.27. The number of carbonyl (C=O) groups is 1. The second kappa shape index (κ2) is 7.76. The van der Waals surface area contributed by atoms with E-state index in [0.29, 0.717) is 18.8 Å². The maximum absolute atomic E-state index is 12.0. The molecule has 1 N–H and O–H groups in total. The molecular formula is C16H18N2OS. The number of rotatable bonds is 6. The molecule has 1 amide bonds. The summed E-state index contributed by atoms with van der Waals surface area (Å²) in [6.45, 7) is 0. The molecule has 0 fully saturated rings. The molecule has 0 saturated carbocycles. The van der Waals surface area contributed by atoms with Gasteiger partial charge in [-0.25, -0.2) is 0 Å². The summed E-state index contributed by atoms with van der Waals surface area (Å²) in [6, 6.07) is 9.89. The Labute approximate surface area is 124 Å². The molecule has 0 radical (unpaired) electrons. The van der Waals surface area contributed by atoms with Crippen LogP contribution in [0.3, 0.4) is 0 Å². The molecule has 104 valence electrons. The topological polar surface area (TPSA) is 52.9 Å². The molecule has 0 spiro atoms. The highest BCUT2D eigenvalue weighted by Crippen LogP contribution is 2.28. The molecular weight excluding hydrogens is 268 g/mol. The minimum Gasteiger partial charge on any atom is -0.325 e. The first-order valence-electron chi connectivity index (χ1n) is 6.85. The molecule has 0 bridgehead atoms. The van der Waals surface area contributed by atoms with E-state index in [1.165, 1.54) is 0 Å². The fourth-order valence-corrected chi connectivity index (χ4v) is 3.07. The Balaban J connectivity index is 1.92. The number of benzene rings is 1. The Morgan fingerprint density at radius 2 is 2.30 bits per heavy atom. The monoisotopic (exact) mass is 286 g/mol. The van der Waals surface area contributed by atoms with Gasteiger partial charge in [0, 0.05) is 23.5 Å². The molecule has 1 aliphatic carbocycles. The summed E-state index contributed by atoms with van der Waals surface area (Å²) in [5, 5.41) is 11.6. The highest BCUT2D eigenvalue weighted by Gasteiger charge is 2.14. The van der Waals surface area contributed by atoms with Crippen molar-refractivity contribution in [3.05, 3.63) is 36.4 Å². The van der Waals surface area contributed by atoms with Gasteiger partial charge < -0.3 is 5.32 Å². The van der Waals surface area contributed by atoms with Crippen LogP contribution < -0.4 is 5.32 Å². The minimum atomic E-state index is 0.0647. The van der Waals surface area contributed by atoms with Gasteiger partial charge in [0.05, 0.1) is 11.8 Å². The molecule has 20 heavy (non-hydrogen) atoms. The molecule has 1 unspecified atom stereocenters. The first kappa shape index (κ1) is 14.7. The fourth-order valence-electron chi connectivity index (χ4n) is 2.21. The summed E-state index contributed by atoms with van der Waals surface area (Å²) < 4.78 is 0. The third-order valence-electron chi connectivity index (χ3n) is 3.19. The van der Waals surface area contributed by atoms with Crippen molar-refractivity contribution in [3.63, 3.8) is 0 Å². The van der Waals surface area contributed by atoms with Crippen molar-refractivity contribution >= 4 is 23.4 Å². The minimum absolute atomic E-state index is 0.0647. The summed E-state index contributed by atoms with van der Waals surface area (Å²) in [6.07, 6.45) is 7.49. The van der Waals surface area contributed by atoms with Crippen molar-refractivity contribution in [2.24, 2.45) is 5.92 Å². The lowest BCUT2D eigenvalue weighted by atomic mass is 10.1. The summed E-state index contributed by atoms with van der Waals surface area (Å²) in [4.78, 5) is 13.1. The molecule has 0 aromatic heterocycles. The summed E-state index contributed by atoms with van der Waals surface area (Å²) in [7, 11) is 0. The molecule has 1 aliphatic rings. The fraction of sp³-hybridized carbons (Fsp3) is 0.375. The van der Waals surface area contributed by atoms with Crippen molar-refractivity contribution in [3.8, 4) is 6.07 Å². The van der Waals surface area contributed by atoms with Crippen molar-refractivity contribution in [1.82, 2.24) is 0 Å². The summed E-state index contributed by atoms with van der Waals surface area (Å²) >= 11 is 1.61. The van der Waals surface area contributed by atoms with Gasteiger partial charge in [-0.05, 0) is 30.9 Å². The van der Waals surface area contributed by atoms with Crippen molar-refractivity contribution < 1.29 is 4.79 Å². The number of anilines is 1. The number of para-hydroxylation sites is 1. The lowest BCUT2D eigenvalue weighted by Gasteiger charge is -2.12. The van der Waals surface area contributed by atoms with Gasteiger partial charge in [0.25, 0.3) is 0 Å². The SMILES string of the molecule is N#CCCSc1ccccc1NC(=O)CC1C=CCC1. The highest BCUT2D eigenvalue weighted by atomic mass is 32.2. The second-order valence-corrected chi connectivity index (χ2v) is 5.91. The number of nitriles is 1. The average Bonchev–Trinajstić information content (AvgIpc) is 2.93. The van der Waals surface area contributed by atoms with E-state index < -0.39 is 0 Å². The lowest BCUT2D eigenvalue weighted by Crippen LogP contribution is -2.15.